The second-order valence-corrected chi connectivity index (χ2v) is 7.15. The molecule has 0 saturated carbocycles. The minimum atomic E-state index is 0.0979. The zero-order chi connectivity index (χ0) is 17.3. The molecule has 24 heavy (non-hydrogen) atoms. The number of hydrogen-bond acceptors (Lipinski definition) is 3. The Morgan fingerprint density at radius 1 is 1.12 bits per heavy atom. The molecule has 4 heteroatoms. The molecule has 0 spiro atoms. The minimum Gasteiger partial charge on any atom is -0.399 e. The summed E-state index contributed by atoms with van der Waals surface area (Å²) < 4.78 is 2.19. The van der Waals surface area contributed by atoms with Gasteiger partial charge in [-0.1, -0.05) is 25.1 Å². The van der Waals surface area contributed by atoms with Gasteiger partial charge in [0, 0.05) is 29.5 Å². The Morgan fingerprint density at radius 2 is 1.92 bits per heavy atom. The van der Waals surface area contributed by atoms with Gasteiger partial charge in [-0.3, -0.25) is 4.90 Å². The first-order valence-corrected chi connectivity index (χ1v) is 8.47. The normalized spacial score (nSPS) is 12.2. The zero-order valence-corrected chi connectivity index (χ0v) is 15.0. The Morgan fingerprint density at radius 3 is 2.58 bits per heavy atom. The summed E-state index contributed by atoms with van der Waals surface area (Å²) in [5, 5.41) is 0. The van der Waals surface area contributed by atoms with Crippen molar-refractivity contribution in [1.29, 1.82) is 0 Å². The fraction of sp³-hybridized carbons (Fsp3) is 0.350. The van der Waals surface area contributed by atoms with E-state index in [1.54, 1.807) is 0 Å². The lowest BCUT2D eigenvalue weighted by Gasteiger charge is -2.34. The van der Waals surface area contributed by atoms with Gasteiger partial charge in [0.25, 0.3) is 0 Å². The number of nitrogen functional groups attached to an aromatic ring is 1. The Hall–Kier alpha value is -2.33. The van der Waals surface area contributed by atoms with Crippen LogP contribution in [0.1, 0.15) is 33.4 Å². The molecule has 3 aromatic rings. The molecule has 2 heterocycles. The second-order valence-electron chi connectivity index (χ2n) is 7.15. The van der Waals surface area contributed by atoms with Gasteiger partial charge in [-0.15, -0.1) is 0 Å². The number of aromatic nitrogens is 2. The van der Waals surface area contributed by atoms with E-state index in [1.165, 1.54) is 5.69 Å². The van der Waals surface area contributed by atoms with Crippen LogP contribution in [0.15, 0.2) is 48.7 Å². The number of nitrogens with two attached hydrogens (primary N) is 1. The molecule has 0 radical (unpaired) electrons. The van der Waals surface area contributed by atoms with E-state index in [0.717, 1.165) is 35.7 Å². The highest BCUT2D eigenvalue weighted by Gasteiger charge is 2.23. The molecule has 0 aliphatic heterocycles. The topological polar surface area (TPSA) is 46.6 Å². The van der Waals surface area contributed by atoms with Gasteiger partial charge in [-0.25, -0.2) is 4.98 Å². The lowest BCUT2D eigenvalue weighted by Crippen LogP contribution is -2.40. The summed E-state index contributed by atoms with van der Waals surface area (Å²) in [5.74, 6) is 0. The highest BCUT2D eigenvalue weighted by Crippen LogP contribution is 2.28. The number of pyridine rings is 1. The van der Waals surface area contributed by atoms with Crippen molar-refractivity contribution < 1.29 is 0 Å². The summed E-state index contributed by atoms with van der Waals surface area (Å²) in [6.45, 7) is 10.8. The summed E-state index contributed by atoms with van der Waals surface area (Å²) >= 11 is 0. The summed E-state index contributed by atoms with van der Waals surface area (Å²) in [5.41, 5.74) is 11.1. The average molecular weight is 322 g/mol. The third kappa shape index (κ3) is 3.15. The molecule has 0 aliphatic carbocycles. The maximum atomic E-state index is 5.99. The number of fused-ring (bicyclic) bond motifs is 1. The van der Waals surface area contributed by atoms with Crippen LogP contribution in [-0.2, 0) is 6.54 Å². The van der Waals surface area contributed by atoms with E-state index in [2.05, 4.69) is 55.3 Å². The maximum absolute atomic E-state index is 5.99. The largest absolute Gasteiger partial charge is 0.399 e. The first-order valence-electron chi connectivity index (χ1n) is 8.47. The van der Waals surface area contributed by atoms with Gasteiger partial charge in [0.1, 0.15) is 5.65 Å². The lowest BCUT2D eigenvalue weighted by atomic mass is 10.0. The summed E-state index contributed by atoms with van der Waals surface area (Å²) in [4.78, 5) is 7.33. The molecule has 3 rings (SSSR count). The van der Waals surface area contributed by atoms with E-state index in [0.29, 0.717) is 0 Å². The number of anilines is 1. The van der Waals surface area contributed by atoms with Crippen LogP contribution >= 0.6 is 0 Å². The van der Waals surface area contributed by atoms with Crippen LogP contribution in [0.3, 0.4) is 0 Å². The van der Waals surface area contributed by atoms with Crippen molar-refractivity contribution >= 4 is 11.3 Å². The van der Waals surface area contributed by atoms with Crippen molar-refractivity contribution in [2.24, 2.45) is 0 Å². The van der Waals surface area contributed by atoms with E-state index < -0.39 is 0 Å². The number of nitrogens with zero attached hydrogens (tertiary/aromatic N) is 3. The van der Waals surface area contributed by atoms with Gasteiger partial charge in [-0.05, 0) is 51.6 Å². The van der Waals surface area contributed by atoms with Crippen molar-refractivity contribution in [3.63, 3.8) is 0 Å². The van der Waals surface area contributed by atoms with Crippen LogP contribution in [-0.4, -0.2) is 26.4 Å². The minimum absolute atomic E-state index is 0.0979. The molecule has 2 aromatic heterocycles. The van der Waals surface area contributed by atoms with E-state index in [-0.39, 0.29) is 5.54 Å². The third-order valence-corrected chi connectivity index (χ3v) is 4.46. The molecule has 0 saturated heterocycles. The predicted molar refractivity (Wildman–Crippen MR) is 101 cm³/mol. The average Bonchev–Trinajstić information content (AvgIpc) is 2.90. The molecule has 0 unspecified atom stereocenters. The van der Waals surface area contributed by atoms with Crippen molar-refractivity contribution in [2.45, 2.75) is 39.8 Å². The van der Waals surface area contributed by atoms with Crippen LogP contribution < -0.4 is 5.73 Å². The van der Waals surface area contributed by atoms with Crippen LogP contribution in [0, 0.1) is 0 Å². The third-order valence-electron chi connectivity index (χ3n) is 4.46. The molecule has 0 amide bonds. The molecular weight excluding hydrogens is 296 g/mol. The van der Waals surface area contributed by atoms with Gasteiger partial charge in [0.2, 0.25) is 0 Å². The van der Waals surface area contributed by atoms with E-state index in [9.17, 15) is 0 Å². The zero-order valence-electron chi connectivity index (χ0n) is 15.0. The molecule has 1 aromatic carbocycles. The number of rotatable bonds is 4. The Kier molecular flexibility index (Phi) is 4.33. The monoisotopic (exact) mass is 322 g/mol. The smallest absolute Gasteiger partial charge is 0.137 e. The molecule has 0 fully saturated rings. The van der Waals surface area contributed by atoms with Crippen molar-refractivity contribution in [2.75, 3.05) is 12.3 Å². The van der Waals surface area contributed by atoms with Crippen molar-refractivity contribution in [3.05, 3.63) is 54.4 Å². The molecule has 2 N–H and O–H groups in total. The first-order chi connectivity index (χ1) is 11.4. The Balaban J connectivity index is 2.16. The molecule has 4 nitrogen and oxygen atoms in total. The van der Waals surface area contributed by atoms with Crippen LogP contribution in [0.25, 0.3) is 16.9 Å². The SMILES string of the molecule is CCN(Cc1c(-c2cccc(N)c2)nc2ccccn12)C(C)(C)C. The predicted octanol–water partition coefficient (Wildman–Crippen LogP) is 4.20. The number of benzene rings is 1. The quantitative estimate of drug-likeness (QED) is 0.732. The van der Waals surface area contributed by atoms with Crippen molar-refractivity contribution in [3.8, 4) is 11.3 Å². The highest BCUT2D eigenvalue weighted by atomic mass is 15.2. The molecule has 126 valence electrons. The van der Waals surface area contributed by atoms with Crippen LogP contribution in [0.5, 0.6) is 0 Å². The fourth-order valence-electron chi connectivity index (χ4n) is 3.12. The maximum Gasteiger partial charge on any atom is 0.137 e. The van der Waals surface area contributed by atoms with E-state index in [1.807, 2.05) is 30.3 Å². The Labute approximate surface area is 143 Å². The summed E-state index contributed by atoms with van der Waals surface area (Å²) in [6, 6.07) is 14.1. The van der Waals surface area contributed by atoms with E-state index in [4.69, 9.17) is 10.7 Å². The van der Waals surface area contributed by atoms with Gasteiger partial charge >= 0.3 is 0 Å². The number of hydrogen-bond donors (Lipinski definition) is 1. The fourth-order valence-corrected chi connectivity index (χ4v) is 3.12. The van der Waals surface area contributed by atoms with Gasteiger partial charge in [0.15, 0.2) is 0 Å². The summed E-state index contributed by atoms with van der Waals surface area (Å²) in [7, 11) is 0. The van der Waals surface area contributed by atoms with E-state index >= 15 is 0 Å². The Bertz CT molecular complexity index is 842. The lowest BCUT2D eigenvalue weighted by molar-refractivity contribution is 0.134. The standard InChI is InChI=1S/C20H26N4/c1-5-23(20(2,3)4)14-17-19(15-9-8-10-16(21)13-15)22-18-11-6-7-12-24(17)18/h6-13H,5,14,21H2,1-4H3. The van der Waals surface area contributed by atoms with Crippen molar-refractivity contribution in [1.82, 2.24) is 14.3 Å². The first kappa shape index (κ1) is 16.5. The number of imidazole rings is 1. The van der Waals surface area contributed by atoms with Crippen LogP contribution in [0.2, 0.25) is 0 Å². The highest BCUT2D eigenvalue weighted by molar-refractivity contribution is 5.69. The molecular formula is C20H26N4. The van der Waals surface area contributed by atoms with Crippen LogP contribution in [0.4, 0.5) is 5.69 Å². The second kappa shape index (κ2) is 6.29. The molecule has 0 bridgehead atoms. The van der Waals surface area contributed by atoms with Gasteiger partial charge < -0.3 is 10.1 Å². The molecule has 0 atom stereocenters. The van der Waals surface area contributed by atoms with Gasteiger partial charge in [-0.2, -0.15) is 0 Å². The summed E-state index contributed by atoms with van der Waals surface area (Å²) in [6.07, 6.45) is 2.09. The molecule has 0 aliphatic rings. The van der Waals surface area contributed by atoms with Gasteiger partial charge in [0.05, 0.1) is 11.4 Å².